The summed E-state index contributed by atoms with van der Waals surface area (Å²) in [5.41, 5.74) is 2.00. The molecule has 0 spiro atoms. The van der Waals surface area contributed by atoms with Crippen molar-refractivity contribution in [3.05, 3.63) is 24.3 Å². The van der Waals surface area contributed by atoms with Gasteiger partial charge in [0.05, 0.1) is 11.0 Å². The first-order valence-corrected chi connectivity index (χ1v) is 6.52. The first kappa shape index (κ1) is 11.5. The topological polar surface area (TPSA) is 35.2 Å². The van der Waals surface area contributed by atoms with Crippen molar-refractivity contribution in [1.82, 2.24) is 14.9 Å². The van der Waals surface area contributed by atoms with Crippen molar-refractivity contribution < 1.29 is 0 Å². The van der Waals surface area contributed by atoms with Gasteiger partial charge in [0.2, 0.25) is 5.95 Å². The van der Waals surface area contributed by atoms with Crippen LogP contribution in [-0.2, 0) is 0 Å². The number of aromatic amines is 1. The molecule has 1 N–H and O–H groups in total. The third-order valence-electron chi connectivity index (χ3n) is 3.79. The highest BCUT2D eigenvalue weighted by molar-refractivity contribution is 5.76. The average Bonchev–Trinajstić information content (AvgIpc) is 2.82. The zero-order chi connectivity index (χ0) is 12.5. The van der Waals surface area contributed by atoms with E-state index >= 15 is 0 Å². The lowest BCUT2D eigenvalue weighted by Gasteiger charge is -2.34. The number of anilines is 1. The van der Waals surface area contributed by atoms with Crippen molar-refractivity contribution in [3.8, 4) is 0 Å². The average molecular weight is 243 g/mol. The Morgan fingerprint density at radius 1 is 1.39 bits per heavy atom. The van der Waals surface area contributed by atoms with E-state index in [2.05, 4.69) is 46.0 Å². The summed E-state index contributed by atoms with van der Waals surface area (Å²) in [5.74, 6) is 0.990. The van der Waals surface area contributed by atoms with Crippen molar-refractivity contribution in [2.45, 2.75) is 18.9 Å². The molecule has 18 heavy (non-hydrogen) atoms. The molecule has 1 saturated heterocycles. The van der Waals surface area contributed by atoms with Gasteiger partial charge >= 0.3 is 0 Å². The lowest BCUT2D eigenvalue weighted by molar-refractivity contribution is 0.249. The number of nitrogens with one attached hydrogen (secondary N) is 1. The highest BCUT2D eigenvalue weighted by Crippen LogP contribution is 2.21. The highest BCUT2D eigenvalue weighted by atomic mass is 15.3. The van der Waals surface area contributed by atoms with Crippen LogP contribution in [0.3, 0.4) is 0 Å². The van der Waals surface area contributed by atoms with Crippen LogP contribution in [0, 0.1) is 6.07 Å². The van der Waals surface area contributed by atoms with Gasteiger partial charge in [-0.25, -0.2) is 4.98 Å². The number of aromatic nitrogens is 2. The Hall–Kier alpha value is -1.55. The first-order chi connectivity index (χ1) is 8.74. The Morgan fingerprint density at radius 2 is 2.17 bits per heavy atom. The molecular formula is C14H19N4. The second-order valence-electron chi connectivity index (χ2n) is 5.17. The van der Waals surface area contributed by atoms with Gasteiger partial charge in [-0.15, -0.1) is 0 Å². The number of nitrogens with zero attached hydrogens (tertiary/aromatic N) is 3. The number of hydrogen-bond donors (Lipinski definition) is 1. The quantitative estimate of drug-likeness (QED) is 0.875. The van der Waals surface area contributed by atoms with E-state index in [0.717, 1.165) is 30.1 Å². The minimum absolute atomic E-state index is 0.706. The second kappa shape index (κ2) is 4.61. The van der Waals surface area contributed by atoms with Crippen molar-refractivity contribution in [3.63, 3.8) is 0 Å². The molecule has 1 fully saturated rings. The molecular weight excluding hydrogens is 224 g/mol. The van der Waals surface area contributed by atoms with E-state index in [9.17, 15) is 0 Å². The molecule has 1 aromatic heterocycles. The van der Waals surface area contributed by atoms with Crippen LogP contribution >= 0.6 is 0 Å². The highest BCUT2D eigenvalue weighted by Gasteiger charge is 2.22. The second-order valence-corrected chi connectivity index (χ2v) is 5.17. The summed E-state index contributed by atoms with van der Waals surface area (Å²) in [5, 5.41) is 0. The number of piperidine rings is 1. The van der Waals surface area contributed by atoms with Crippen LogP contribution in [0.5, 0.6) is 0 Å². The molecule has 1 radical (unpaired) electrons. The SMILES string of the molecule is CN(C)C1CCN(c2nc3[c]cccc3[nH]2)CC1. The molecule has 0 aliphatic carbocycles. The van der Waals surface area contributed by atoms with Crippen LogP contribution < -0.4 is 4.90 Å². The molecule has 2 aromatic rings. The van der Waals surface area contributed by atoms with Crippen molar-refractivity contribution in [2.75, 3.05) is 32.1 Å². The summed E-state index contributed by atoms with van der Waals surface area (Å²) >= 11 is 0. The van der Waals surface area contributed by atoms with E-state index in [1.54, 1.807) is 0 Å². The van der Waals surface area contributed by atoms with Gasteiger partial charge in [0.25, 0.3) is 0 Å². The molecule has 0 amide bonds. The van der Waals surface area contributed by atoms with Gasteiger partial charge in [-0.05, 0) is 33.0 Å². The molecule has 0 atom stereocenters. The summed E-state index contributed by atoms with van der Waals surface area (Å²) in [6.45, 7) is 2.14. The van der Waals surface area contributed by atoms with Gasteiger partial charge in [-0.1, -0.05) is 12.1 Å². The molecule has 3 rings (SSSR count). The van der Waals surface area contributed by atoms with E-state index < -0.39 is 0 Å². The molecule has 0 unspecified atom stereocenters. The van der Waals surface area contributed by atoms with Gasteiger partial charge < -0.3 is 14.8 Å². The van der Waals surface area contributed by atoms with Crippen molar-refractivity contribution >= 4 is 17.0 Å². The van der Waals surface area contributed by atoms with E-state index in [1.807, 2.05) is 12.1 Å². The fraction of sp³-hybridized carbons (Fsp3) is 0.500. The van der Waals surface area contributed by atoms with Gasteiger partial charge in [-0.3, -0.25) is 0 Å². The number of H-pyrrole nitrogens is 1. The maximum atomic E-state index is 4.61. The fourth-order valence-corrected chi connectivity index (χ4v) is 2.62. The van der Waals surface area contributed by atoms with E-state index in [4.69, 9.17) is 0 Å². The Bertz CT molecular complexity index is 490. The van der Waals surface area contributed by atoms with Crippen molar-refractivity contribution in [1.29, 1.82) is 0 Å². The van der Waals surface area contributed by atoms with Crippen molar-refractivity contribution in [2.24, 2.45) is 0 Å². The maximum Gasteiger partial charge on any atom is 0.203 e. The Labute approximate surface area is 108 Å². The minimum Gasteiger partial charge on any atom is -0.342 e. The lowest BCUT2D eigenvalue weighted by Crippen LogP contribution is -2.42. The maximum absolute atomic E-state index is 4.61. The van der Waals surface area contributed by atoms with Gasteiger partial charge in [0.1, 0.15) is 0 Å². The largest absolute Gasteiger partial charge is 0.342 e. The molecule has 1 aromatic carbocycles. The molecule has 1 aliphatic rings. The Kier molecular flexibility index (Phi) is 2.96. The van der Waals surface area contributed by atoms with Gasteiger partial charge in [-0.2, -0.15) is 0 Å². The summed E-state index contributed by atoms with van der Waals surface area (Å²) in [7, 11) is 4.33. The van der Waals surface area contributed by atoms with Crippen LogP contribution in [0.15, 0.2) is 18.2 Å². The van der Waals surface area contributed by atoms with E-state index in [1.165, 1.54) is 12.8 Å². The third-order valence-corrected chi connectivity index (χ3v) is 3.79. The van der Waals surface area contributed by atoms with Crippen LogP contribution in [0.2, 0.25) is 0 Å². The minimum atomic E-state index is 0.706. The number of para-hydroxylation sites is 1. The van der Waals surface area contributed by atoms with Gasteiger partial charge in [0.15, 0.2) is 0 Å². The molecule has 4 nitrogen and oxygen atoms in total. The number of rotatable bonds is 2. The smallest absolute Gasteiger partial charge is 0.203 e. The monoisotopic (exact) mass is 243 g/mol. The molecule has 0 bridgehead atoms. The van der Waals surface area contributed by atoms with Gasteiger partial charge in [0, 0.05) is 25.2 Å². The summed E-state index contributed by atoms with van der Waals surface area (Å²) in [6, 6.07) is 9.81. The molecule has 95 valence electrons. The third kappa shape index (κ3) is 2.08. The summed E-state index contributed by atoms with van der Waals surface area (Å²) < 4.78 is 0. The molecule has 4 heteroatoms. The normalized spacial score (nSPS) is 17.8. The lowest BCUT2D eigenvalue weighted by atomic mass is 10.0. The number of benzene rings is 1. The Balaban J connectivity index is 1.76. The van der Waals surface area contributed by atoms with Crippen LogP contribution in [0.1, 0.15) is 12.8 Å². The number of hydrogen-bond acceptors (Lipinski definition) is 3. The first-order valence-electron chi connectivity index (χ1n) is 6.52. The zero-order valence-electron chi connectivity index (χ0n) is 11.0. The summed E-state index contributed by atoms with van der Waals surface area (Å²) in [6.07, 6.45) is 2.40. The molecule has 0 saturated carbocycles. The van der Waals surface area contributed by atoms with E-state index in [-0.39, 0.29) is 0 Å². The Morgan fingerprint density at radius 3 is 2.83 bits per heavy atom. The van der Waals surface area contributed by atoms with Crippen LogP contribution in [-0.4, -0.2) is 48.1 Å². The number of imidazole rings is 1. The molecule has 2 heterocycles. The van der Waals surface area contributed by atoms with Crippen LogP contribution in [0.25, 0.3) is 11.0 Å². The number of fused-ring (bicyclic) bond motifs is 1. The molecule has 1 aliphatic heterocycles. The predicted octanol–water partition coefficient (Wildman–Crippen LogP) is 1.89. The zero-order valence-corrected chi connectivity index (χ0v) is 11.0. The van der Waals surface area contributed by atoms with Crippen LogP contribution in [0.4, 0.5) is 5.95 Å². The van der Waals surface area contributed by atoms with E-state index in [0.29, 0.717) is 6.04 Å². The summed E-state index contributed by atoms with van der Waals surface area (Å²) in [4.78, 5) is 12.7. The predicted molar refractivity (Wildman–Crippen MR) is 73.9 cm³/mol. The fourth-order valence-electron chi connectivity index (χ4n) is 2.62. The standard InChI is InChI=1S/C14H19N4/c1-17(2)11-7-9-18(10-8-11)14-15-12-5-3-4-6-13(12)16-14/h3-5,11H,7-10H2,1-2H3,(H,15,16).